The van der Waals surface area contributed by atoms with Gasteiger partial charge in [-0.05, 0) is 42.5 Å². The molecule has 0 amide bonds. The van der Waals surface area contributed by atoms with E-state index in [1.54, 1.807) is 6.07 Å². The summed E-state index contributed by atoms with van der Waals surface area (Å²) < 4.78 is 10.6. The predicted octanol–water partition coefficient (Wildman–Crippen LogP) is 3.99. The fourth-order valence-corrected chi connectivity index (χ4v) is 4.64. The van der Waals surface area contributed by atoms with Crippen molar-refractivity contribution < 1.29 is 19.1 Å². The second kappa shape index (κ2) is 7.62. The molecule has 1 atom stereocenters. The van der Waals surface area contributed by atoms with Gasteiger partial charge in [0.25, 0.3) is 0 Å². The number of fused-ring (bicyclic) bond motifs is 1. The van der Waals surface area contributed by atoms with E-state index in [2.05, 4.69) is 4.90 Å². The van der Waals surface area contributed by atoms with Crippen molar-refractivity contribution in [1.29, 1.82) is 0 Å². The lowest BCUT2D eigenvalue weighted by molar-refractivity contribution is -0.147. The standard InChI is InChI=1S/C20H20ClNO4S/c1-25-20(24)18(14-4-2-3-5-15(14)21)22-9-8-16-13(11-22)10-17(27-16)26-19(23)12-6-7-12/h2-5,10,12,18H,6-9,11H2,1H3/t18-/m0/s1. The van der Waals surface area contributed by atoms with Crippen molar-refractivity contribution in [2.45, 2.75) is 31.8 Å². The summed E-state index contributed by atoms with van der Waals surface area (Å²) in [7, 11) is 1.39. The fraction of sp³-hybridized carbons (Fsp3) is 0.400. The number of halogens is 1. The van der Waals surface area contributed by atoms with E-state index in [4.69, 9.17) is 21.1 Å². The largest absolute Gasteiger partial charge is 0.468 e. The third-order valence-electron chi connectivity index (χ3n) is 4.97. The van der Waals surface area contributed by atoms with Crippen LogP contribution < -0.4 is 4.74 Å². The van der Waals surface area contributed by atoms with E-state index in [-0.39, 0.29) is 17.9 Å². The highest BCUT2D eigenvalue weighted by molar-refractivity contribution is 7.14. The molecule has 27 heavy (non-hydrogen) atoms. The van der Waals surface area contributed by atoms with Gasteiger partial charge in [0.1, 0.15) is 6.04 Å². The van der Waals surface area contributed by atoms with Gasteiger partial charge in [0.05, 0.1) is 13.0 Å². The van der Waals surface area contributed by atoms with Gasteiger partial charge >= 0.3 is 11.9 Å². The molecule has 0 spiro atoms. The van der Waals surface area contributed by atoms with Crippen LogP contribution in [-0.4, -0.2) is 30.5 Å². The van der Waals surface area contributed by atoms with Crippen LogP contribution in [0.2, 0.25) is 5.02 Å². The molecule has 0 radical (unpaired) electrons. The first-order valence-corrected chi connectivity index (χ1v) is 10.2. The Morgan fingerprint density at radius 1 is 1.30 bits per heavy atom. The molecule has 0 unspecified atom stereocenters. The minimum absolute atomic E-state index is 0.0737. The Morgan fingerprint density at radius 3 is 2.78 bits per heavy atom. The molecule has 2 aromatic rings. The van der Waals surface area contributed by atoms with Crippen LogP contribution in [0.1, 0.15) is 34.9 Å². The summed E-state index contributed by atoms with van der Waals surface area (Å²) in [5.74, 6) is -0.388. The normalized spacial score (nSPS) is 17.9. The van der Waals surface area contributed by atoms with Crippen molar-refractivity contribution in [2.75, 3.05) is 13.7 Å². The number of carbonyl (C=O) groups is 2. The van der Waals surface area contributed by atoms with Gasteiger partial charge in [-0.2, -0.15) is 0 Å². The Labute approximate surface area is 166 Å². The summed E-state index contributed by atoms with van der Waals surface area (Å²) in [6, 6.07) is 8.71. The van der Waals surface area contributed by atoms with Gasteiger partial charge in [-0.3, -0.25) is 9.69 Å². The van der Waals surface area contributed by atoms with E-state index in [0.717, 1.165) is 30.4 Å². The maximum atomic E-state index is 12.5. The van der Waals surface area contributed by atoms with Crippen LogP contribution in [0, 0.1) is 5.92 Å². The van der Waals surface area contributed by atoms with Crippen LogP contribution in [0.25, 0.3) is 0 Å². The van der Waals surface area contributed by atoms with Crippen molar-refractivity contribution in [3.63, 3.8) is 0 Å². The molecule has 0 saturated heterocycles. The molecule has 5 nitrogen and oxygen atoms in total. The third-order valence-corrected chi connectivity index (χ3v) is 6.43. The molecule has 1 aromatic heterocycles. The average molecular weight is 406 g/mol. The summed E-state index contributed by atoms with van der Waals surface area (Å²) in [5.41, 5.74) is 1.83. The number of thiophene rings is 1. The first-order chi connectivity index (χ1) is 13.1. The highest BCUT2D eigenvalue weighted by atomic mass is 35.5. The molecule has 0 bridgehead atoms. The van der Waals surface area contributed by atoms with E-state index < -0.39 is 6.04 Å². The van der Waals surface area contributed by atoms with Crippen molar-refractivity contribution in [1.82, 2.24) is 4.90 Å². The van der Waals surface area contributed by atoms with Crippen molar-refractivity contribution in [2.24, 2.45) is 5.92 Å². The SMILES string of the molecule is COC(=O)[C@H](c1ccccc1Cl)N1CCc2sc(OC(=O)C3CC3)cc2C1. The molecule has 7 heteroatoms. The zero-order chi connectivity index (χ0) is 19.0. The number of carbonyl (C=O) groups excluding carboxylic acids is 2. The zero-order valence-corrected chi connectivity index (χ0v) is 16.5. The minimum Gasteiger partial charge on any atom is -0.468 e. The second-order valence-corrected chi connectivity index (χ2v) is 8.38. The Kier molecular flexibility index (Phi) is 5.21. The first kappa shape index (κ1) is 18.5. The predicted molar refractivity (Wildman–Crippen MR) is 103 cm³/mol. The van der Waals surface area contributed by atoms with Crippen molar-refractivity contribution >= 4 is 34.9 Å². The number of ether oxygens (including phenoxy) is 2. The Balaban J connectivity index is 1.56. The Bertz CT molecular complexity index is 877. The average Bonchev–Trinajstić information content (AvgIpc) is 3.44. The summed E-state index contributed by atoms with van der Waals surface area (Å²) in [6.45, 7) is 1.28. The monoisotopic (exact) mass is 405 g/mol. The number of esters is 2. The van der Waals surface area contributed by atoms with E-state index in [1.807, 2.05) is 24.3 Å². The number of nitrogens with zero attached hydrogens (tertiary/aromatic N) is 1. The van der Waals surface area contributed by atoms with Crippen LogP contribution in [0.4, 0.5) is 0 Å². The van der Waals surface area contributed by atoms with Gasteiger partial charge in [0.15, 0.2) is 5.06 Å². The van der Waals surface area contributed by atoms with E-state index in [0.29, 0.717) is 23.2 Å². The Hall–Kier alpha value is -1.89. The van der Waals surface area contributed by atoms with Gasteiger partial charge in [-0.25, -0.2) is 4.79 Å². The van der Waals surface area contributed by atoms with Crippen LogP contribution in [0.15, 0.2) is 30.3 Å². The molecule has 4 rings (SSSR count). The molecule has 1 aromatic carbocycles. The lowest BCUT2D eigenvalue weighted by Crippen LogP contribution is -2.38. The van der Waals surface area contributed by atoms with E-state index >= 15 is 0 Å². The molecular weight excluding hydrogens is 386 g/mol. The van der Waals surface area contributed by atoms with Gasteiger partial charge in [-0.15, -0.1) is 11.3 Å². The molecular formula is C20H20ClNO4S. The summed E-state index contributed by atoms with van der Waals surface area (Å²) in [5, 5.41) is 1.19. The number of benzene rings is 1. The van der Waals surface area contributed by atoms with Crippen molar-refractivity contribution in [3.05, 3.63) is 51.4 Å². The van der Waals surface area contributed by atoms with Gasteiger partial charge in [-0.1, -0.05) is 29.8 Å². The van der Waals surface area contributed by atoms with E-state index in [9.17, 15) is 9.59 Å². The number of rotatable bonds is 5. The van der Waals surface area contributed by atoms with E-state index in [1.165, 1.54) is 23.3 Å². The van der Waals surface area contributed by atoms with Crippen molar-refractivity contribution in [3.8, 4) is 5.06 Å². The van der Waals surface area contributed by atoms with Gasteiger partial charge < -0.3 is 9.47 Å². The molecule has 142 valence electrons. The van der Waals surface area contributed by atoms with Crippen LogP contribution in [0.5, 0.6) is 5.06 Å². The molecule has 1 saturated carbocycles. The Morgan fingerprint density at radius 2 is 2.07 bits per heavy atom. The summed E-state index contributed by atoms with van der Waals surface area (Å²) in [4.78, 5) is 27.7. The maximum Gasteiger partial charge on any atom is 0.327 e. The quantitative estimate of drug-likeness (QED) is 0.704. The molecule has 2 aliphatic rings. The highest BCUT2D eigenvalue weighted by Gasteiger charge is 2.35. The van der Waals surface area contributed by atoms with Gasteiger partial charge in [0.2, 0.25) is 0 Å². The van der Waals surface area contributed by atoms with Crippen LogP contribution in [0.3, 0.4) is 0 Å². The summed E-state index contributed by atoms with van der Waals surface area (Å²) in [6.07, 6.45) is 2.64. The fourth-order valence-electron chi connectivity index (χ4n) is 3.38. The second-order valence-electron chi connectivity index (χ2n) is 6.88. The maximum absolute atomic E-state index is 12.5. The summed E-state index contributed by atoms with van der Waals surface area (Å²) >= 11 is 7.87. The highest BCUT2D eigenvalue weighted by Crippen LogP contribution is 2.39. The number of methoxy groups -OCH3 is 1. The lowest BCUT2D eigenvalue weighted by atomic mass is 10.0. The third kappa shape index (κ3) is 3.88. The first-order valence-electron chi connectivity index (χ1n) is 8.96. The smallest absolute Gasteiger partial charge is 0.327 e. The minimum atomic E-state index is -0.561. The topological polar surface area (TPSA) is 55.8 Å². The van der Waals surface area contributed by atoms with Crippen LogP contribution in [-0.2, 0) is 27.3 Å². The number of hydrogen-bond donors (Lipinski definition) is 0. The molecule has 1 fully saturated rings. The molecule has 0 N–H and O–H groups in total. The van der Waals surface area contributed by atoms with Gasteiger partial charge in [0, 0.05) is 23.0 Å². The molecule has 1 aliphatic heterocycles. The van der Waals surface area contributed by atoms with Crippen LogP contribution >= 0.6 is 22.9 Å². The molecule has 2 heterocycles. The number of hydrogen-bond acceptors (Lipinski definition) is 6. The zero-order valence-electron chi connectivity index (χ0n) is 14.9. The lowest BCUT2D eigenvalue weighted by Gasteiger charge is -2.33. The molecule has 1 aliphatic carbocycles.